The van der Waals surface area contributed by atoms with Gasteiger partial charge in [0.2, 0.25) is 12.7 Å². The largest absolute Gasteiger partial charge is 0.454 e. The van der Waals surface area contributed by atoms with E-state index in [1.54, 1.807) is 11.3 Å². The number of ether oxygens (including phenoxy) is 2. The minimum absolute atomic E-state index is 0.0739. The predicted molar refractivity (Wildman–Crippen MR) is 101 cm³/mol. The van der Waals surface area contributed by atoms with Crippen LogP contribution in [0.3, 0.4) is 0 Å². The van der Waals surface area contributed by atoms with Crippen LogP contribution in [0.1, 0.15) is 30.2 Å². The molecule has 1 saturated heterocycles. The first-order valence-electron chi connectivity index (χ1n) is 8.99. The number of hydrogen-bond donors (Lipinski definition) is 1. The van der Waals surface area contributed by atoms with Gasteiger partial charge in [0.25, 0.3) is 0 Å². The van der Waals surface area contributed by atoms with Gasteiger partial charge in [0.1, 0.15) is 0 Å². The van der Waals surface area contributed by atoms with E-state index in [1.807, 2.05) is 12.3 Å². The summed E-state index contributed by atoms with van der Waals surface area (Å²) in [5, 5.41) is 3.43. The number of benzene rings is 1. The third-order valence-corrected chi connectivity index (χ3v) is 5.78. The molecule has 1 amide bonds. The molecule has 2 aliphatic heterocycles. The number of aromatic nitrogens is 1. The zero-order valence-electron chi connectivity index (χ0n) is 14.9. The van der Waals surface area contributed by atoms with Crippen molar-refractivity contribution in [3.8, 4) is 11.5 Å². The normalized spacial score (nSPS) is 17.4. The predicted octanol–water partition coefficient (Wildman–Crippen LogP) is 3.28. The Balaban J connectivity index is 1.26. The second kappa shape index (κ2) is 7.63. The second-order valence-electron chi connectivity index (χ2n) is 6.92. The first-order valence-corrected chi connectivity index (χ1v) is 9.80. The topological polar surface area (TPSA) is 63.7 Å². The molecule has 0 bridgehead atoms. The van der Waals surface area contributed by atoms with E-state index in [9.17, 15) is 4.79 Å². The Hall–Kier alpha value is -2.12. The van der Waals surface area contributed by atoms with Gasteiger partial charge in [0.15, 0.2) is 16.6 Å². The highest BCUT2D eigenvalue weighted by molar-refractivity contribution is 7.15. The van der Waals surface area contributed by atoms with Gasteiger partial charge >= 0.3 is 0 Å². The fourth-order valence-electron chi connectivity index (χ4n) is 3.56. The molecule has 1 fully saturated rings. The van der Waals surface area contributed by atoms with E-state index in [0.717, 1.165) is 37.6 Å². The van der Waals surface area contributed by atoms with Crippen molar-refractivity contribution < 1.29 is 14.3 Å². The lowest BCUT2D eigenvalue weighted by molar-refractivity contribution is -0.114. The van der Waals surface area contributed by atoms with Crippen molar-refractivity contribution in [2.75, 3.05) is 25.2 Å². The molecule has 2 aliphatic rings. The summed E-state index contributed by atoms with van der Waals surface area (Å²) in [5.74, 6) is 2.37. The van der Waals surface area contributed by atoms with Gasteiger partial charge in [-0.1, -0.05) is 6.07 Å². The molecule has 7 heteroatoms. The number of carbonyl (C=O) groups is 1. The second-order valence-corrected chi connectivity index (χ2v) is 8.04. The van der Waals surface area contributed by atoms with Crippen molar-refractivity contribution in [3.05, 3.63) is 34.8 Å². The minimum Gasteiger partial charge on any atom is -0.454 e. The number of anilines is 1. The Bertz CT molecular complexity index is 784. The first-order chi connectivity index (χ1) is 12.7. The monoisotopic (exact) mass is 373 g/mol. The Morgan fingerprint density at radius 2 is 2.12 bits per heavy atom. The zero-order chi connectivity index (χ0) is 17.9. The van der Waals surface area contributed by atoms with Gasteiger partial charge in [-0.25, -0.2) is 4.98 Å². The fourth-order valence-corrected chi connectivity index (χ4v) is 4.46. The highest BCUT2D eigenvalue weighted by atomic mass is 32.1. The number of hydrogen-bond acceptors (Lipinski definition) is 6. The van der Waals surface area contributed by atoms with Gasteiger partial charge in [0, 0.05) is 24.5 Å². The van der Waals surface area contributed by atoms with Crippen molar-refractivity contribution in [2.24, 2.45) is 5.92 Å². The molecule has 0 saturated carbocycles. The smallest absolute Gasteiger partial charge is 0.231 e. The van der Waals surface area contributed by atoms with Crippen molar-refractivity contribution in [2.45, 2.75) is 32.7 Å². The standard InChI is InChI=1S/C19H23N3O3S/c1-13(23)21-19-20-10-16(26-19)11-22-6-4-14(5-7-22)8-15-2-3-17-18(9-15)25-12-24-17/h2-3,9-10,14H,4-8,11-12H2,1H3,(H,20,21,23). The lowest BCUT2D eigenvalue weighted by Crippen LogP contribution is -2.33. The van der Waals surface area contributed by atoms with E-state index in [-0.39, 0.29) is 5.91 Å². The molecular weight excluding hydrogens is 350 g/mol. The van der Waals surface area contributed by atoms with Crippen LogP contribution in [0.15, 0.2) is 24.4 Å². The molecule has 0 atom stereocenters. The molecule has 1 aromatic heterocycles. The van der Waals surface area contributed by atoms with E-state index < -0.39 is 0 Å². The maximum atomic E-state index is 11.1. The van der Waals surface area contributed by atoms with Gasteiger partial charge in [0.05, 0.1) is 0 Å². The quantitative estimate of drug-likeness (QED) is 0.871. The molecule has 138 valence electrons. The summed E-state index contributed by atoms with van der Waals surface area (Å²) in [5.41, 5.74) is 1.33. The van der Waals surface area contributed by atoms with Crippen LogP contribution in [0.4, 0.5) is 5.13 Å². The molecule has 1 aromatic carbocycles. The van der Waals surface area contributed by atoms with Gasteiger partial charge < -0.3 is 14.8 Å². The summed E-state index contributed by atoms with van der Waals surface area (Å²) in [6, 6.07) is 6.29. The Kier molecular flexibility index (Phi) is 5.08. The summed E-state index contributed by atoms with van der Waals surface area (Å²) in [6.07, 6.45) is 5.37. The molecule has 26 heavy (non-hydrogen) atoms. The molecule has 0 radical (unpaired) electrons. The van der Waals surface area contributed by atoms with E-state index in [1.165, 1.54) is 30.2 Å². The van der Waals surface area contributed by atoms with Crippen molar-refractivity contribution in [3.63, 3.8) is 0 Å². The molecule has 3 heterocycles. The van der Waals surface area contributed by atoms with Crippen LogP contribution in [0.2, 0.25) is 0 Å². The fraction of sp³-hybridized carbons (Fsp3) is 0.474. The third-order valence-electron chi connectivity index (χ3n) is 4.88. The Labute approximate surface area is 157 Å². The molecule has 6 nitrogen and oxygen atoms in total. The minimum atomic E-state index is -0.0739. The summed E-state index contributed by atoms with van der Waals surface area (Å²) < 4.78 is 10.9. The molecule has 0 unspecified atom stereocenters. The SMILES string of the molecule is CC(=O)Nc1ncc(CN2CCC(Cc3ccc4c(c3)OCO4)CC2)s1. The van der Waals surface area contributed by atoms with Crippen LogP contribution in [0.25, 0.3) is 0 Å². The van der Waals surface area contributed by atoms with Crippen LogP contribution in [-0.4, -0.2) is 35.7 Å². The molecular formula is C19H23N3O3S. The van der Waals surface area contributed by atoms with Crippen LogP contribution < -0.4 is 14.8 Å². The number of nitrogens with zero attached hydrogens (tertiary/aromatic N) is 2. The number of piperidine rings is 1. The molecule has 4 rings (SSSR count). The number of fused-ring (bicyclic) bond motifs is 1. The Morgan fingerprint density at radius 3 is 2.92 bits per heavy atom. The lowest BCUT2D eigenvalue weighted by Gasteiger charge is -2.31. The van der Waals surface area contributed by atoms with Crippen LogP contribution >= 0.6 is 11.3 Å². The number of thiazole rings is 1. The first kappa shape index (κ1) is 17.3. The average molecular weight is 373 g/mol. The van der Waals surface area contributed by atoms with E-state index in [4.69, 9.17) is 9.47 Å². The van der Waals surface area contributed by atoms with Crippen LogP contribution in [-0.2, 0) is 17.8 Å². The molecule has 0 spiro atoms. The number of rotatable bonds is 5. The number of amides is 1. The average Bonchev–Trinajstić information content (AvgIpc) is 3.25. The number of carbonyl (C=O) groups excluding carboxylic acids is 1. The zero-order valence-corrected chi connectivity index (χ0v) is 15.7. The van der Waals surface area contributed by atoms with E-state index >= 15 is 0 Å². The van der Waals surface area contributed by atoms with Crippen LogP contribution in [0, 0.1) is 5.92 Å². The molecule has 0 aliphatic carbocycles. The van der Waals surface area contributed by atoms with Gasteiger partial charge in [-0.3, -0.25) is 9.69 Å². The summed E-state index contributed by atoms with van der Waals surface area (Å²) in [7, 11) is 0. The van der Waals surface area contributed by atoms with E-state index in [2.05, 4.69) is 27.3 Å². The summed E-state index contributed by atoms with van der Waals surface area (Å²) >= 11 is 1.56. The maximum Gasteiger partial charge on any atom is 0.231 e. The van der Waals surface area contributed by atoms with Crippen molar-refractivity contribution in [1.82, 2.24) is 9.88 Å². The number of likely N-dealkylation sites (tertiary alicyclic amines) is 1. The summed E-state index contributed by atoms with van der Waals surface area (Å²) in [4.78, 5) is 19.0. The number of nitrogens with one attached hydrogen (secondary N) is 1. The van der Waals surface area contributed by atoms with E-state index in [0.29, 0.717) is 17.8 Å². The highest BCUT2D eigenvalue weighted by Gasteiger charge is 2.21. The van der Waals surface area contributed by atoms with Gasteiger partial charge in [-0.2, -0.15) is 0 Å². The van der Waals surface area contributed by atoms with Gasteiger partial charge in [-0.15, -0.1) is 11.3 Å². The van der Waals surface area contributed by atoms with Crippen molar-refractivity contribution in [1.29, 1.82) is 0 Å². The third kappa shape index (κ3) is 4.16. The highest BCUT2D eigenvalue weighted by Crippen LogP contribution is 2.34. The van der Waals surface area contributed by atoms with Crippen LogP contribution in [0.5, 0.6) is 11.5 Å². The molecule has 2 aromatic rings. The van der Waals surface area contributed by atoms with Crippen molar-refractivity contribution >= 4 is 22.4 Å². The lowest BCUT2D eigenvalue weighted by atomic mass is 9.90. The Morgan fingerprint density at radius 1 is 1.31 bits per heavy atom. The summed E-state index contributed by atoms with van der Waals surface area (Å²) in [6.45, 7) is 4.95. The van der Waals surface area contributed by atoms with Gasteiger partial charge in [-0.05, 0) is 56.0 Å². The maximum absolute atomic E-state index is 11.1. The molecule has 1 N–H and O–H groups in total.